The van der Waals surface area contributed by atoms with Crippen LogP contribution < -0.4 is 0 Å². The largest absolute Gasteiger partial charge is 0.342 e. The monoisotopic (exact) mass is 242 g/mol. The van der Waals surface area contributed by atoms with Crippen LogP contribution in [0.2, 0.25) is 0 Å². The van der Waals surface area contributed by atoms with E-state index in [1.165, 1.54) is 0 Å². The van der Waals surface area contributed by atoms with Gasteiger partial charge < -0.3 is 14.1 Å². The lowest BCUT2D eigenvalue weighted by Gasteiger charge is -2.15. The SMILES string of the molecule is CC(Cn1ccnc1-c1ncc[nH]1)n1ccnc1. The number of aromatic amines is 1. The maximum absolute atomic E-state index is 4.34. The van der Waals surface area contributed by atoms with Gasteiger partial charge in [0.1, 0.15) is 0 Å². The number of hydrogen-bond acceptors (Lipinski definition) is 3. The Bertz CT molecular complexity index is 592. The molecule has 1 unspecified atom stereocenters. The van der Waals surface area contributed by atoms with Gasteiger partial charge in [0.15, 0.2) is 11.6 Å². The van der Waals surface area contributed by atoms with Crippen molar-refractivity contribution in [2.24, 2.45) is 0 Å². The normalized spacial score (nSPS) is 12.7. The zero-order valence-corrected chi connectivity index (χ0v) is 10.1. The molecule has 0 aromatic carbocycles. The van der Waals surface area contributed by atoms with E-state index in [1.807, 2.05) is 18.7 Å². The minimum Gasteiger partial charge on any atom is -0.342 e. The molecule has 1 N–H and O–H groups in total. The van der Waals surface area contributed by atoms with Crippen molar-refractivity contribution in [2.45, 2.75) is 19.5 Å². The van der Waals surface area contributed by atoms with Gasteiger partial charge in [-0.2, -0.15) is 0 Å². The van der Waals surface area contributed by atoms with Gasteiger partial charge in [0.05, 0.1) is 6.33 Å². The van der Waals surface area contributed by atoms with Crippen LogP contribution in [0.1, 0.15) is 13.0 Å². The van der Waals surface area contributed by atoms with E-state index < -0.39 is 0 Å². The Hall–Kier alpha value is -2.37. The molecule has 0 radical (unpaired) electrons. The molecule has 0 spiro atoms. The van der Waals surface area contributed by atoms with Crippen LogP contribution in [0.15, 0.2) is 43.5 Å². The molecule has 3 aromatic heterocycles. The quantitative estimate of drug-likeness (QED) is 0.757. The summed E-state index contributed by atoms with van der Waals surface area (Å²) in [6.07, 6.45) is 12.9. The van der Waals surface area contributed by atoms with Crippen LogP contribution in [-0.4, -0.2) is 29.1 Å². The van der Waals surface area contributed by atoms with Crippen LogP contribution in [0.4, 0.5) is 0 Å². The minimum absolute atomic E-state index is 0.315. The van der Waals surface area contributed by atoms with Crippen molar-refractivity contribution in [3.05, 3.63) is 43.5 Å². The molecule has 18 heavy (non-hydrogen) atoms. The lowest BCUT2D eigenvalue weighted by molar-refractivity contribution is 0.466. The first kappa shape index (κ1) is 10.8. The first-order chi connectivity index (χ1) is 8.84. The first-order valence-corrected chi connectivity index (χ1v) is 5.83. The zero-order chi connectivity index (χ0) is 12.4. The fraction of sp³-hybridized carbons (Fsp3) is 0.250. The number of hydrogen-bond donors (Lipinski definition) is 1. The predicted molar refractivity (Wildman–Crippen MR) is 66.7 cm³/mol. The van der Waals surface area contributed by atoms with Crippen molar-refractivity contribution in [1.82, 2.24) is 29.1 Å². The summed E-state index contributed by atoms with van der Waals surface area (Å²) in [6, 6.07) is 0.315. The third kappa shape index (κ3) is 1.92. The molecule has 1 atom stereocenters. The standard InChI is InChI=1S/C12H14N6/c1-10(18-6-4-13-9-18)8-17-7-5-16-12(17)11-14-2-3-15-11/h2-7,9-10H,8H2,1H3,(H,14,15). The molecule has 6 nitrogen and oxygen atoms in total. The fourth-order valence-corrected chi connectivity index (χ4v) is 1.97. The summed E-state index contributed by atoms with van der Waals surface area (Å²) in [5.41, 5.74) is 0. The molecule has 3 aromatic rings. The molecule has 6 heteroatoms. The predicted octanol–water partition coefficient (Wildman–Crippen LogP) is 1.73. The maximum Gasteiger partial charge on any atom is 0.176 e. The minimum atomic E-state index is 0.315. The van der Waals surface area contributed by atoms with Crippen molar-refractivity contribution >= 4 is 0 Å². The average Bonchev–Trinajstić information content (AvgIpc) is 3.11. The topological polar surface area (TPSA) is 64.3 Å². The third-order valence-corrected chi connectivity index (χ3v) is 2.92. The van der Waals surface area contributed by atoms with Crippen molar-refractivity contribution in [1.29, 1.82) is 0 Å². The maximum atomic E-state index is 4.34. The number of nitrogens with zero attached hydrogens (tertiary/aromatic N) is 5. The second-order valence-electron chi connectivity index (χ2n) is 4.20. The van der Waals surface area contributed by atoms with Crippen LogP contribution in [0.5, 0.6) is 0 Å². The molecule has 0 aliphatic heterocycles. The molecule has 0 saturated carbocycles. The first-order valence-electron chi connectivity index (χ1n) is 5.83. The van der Waals surface area contributed by atoms with E-state index in [-0.39, 0.29) is 0 Å². The molecular weight excluding hydrogens is 228 g/mol. The van der Waals surface area contributed by atoms with Gasteiger partial charge in [-0.25, -0.2) is 15.0 Å². The smallest absolute Gasteiger partial charge is 0.176 e. The Morgan fingerprint density at radius 3 is 2.89 bits per heavy atom. The Balaban J connectivity index is 1.84. The summed E-state index contributed by atoms with van der Waals surface area (Å²) in [5.74, 6) is 1.64. The van der Waals surface area contributed by atoms with Gasteiger partial charge in [0.25, 0.3) is 0 Å². The van der Waals surface area contributed by atoms with Crippen LogP contribution in [0.25, 0.3) is 11.6 Å². The van der Waals surface area contributed by atoms with Crippen LogP contribution in [-0.2, 0) is 6.54 Å². The van der Waals surface area contributed by atoms with Crippen molar-refractivity contribution < 1.29 is 0 Å². The van der Waals surface area contributed by atoms with Gasteiger partial charge >= 0.3 is 0 Å². The van der Waals surface area contributed by atoms with Crippen LogP contribution >= 0.6 is 0 Å². The number of imidazole rings is 3. The highest BCUT2D eigenvalue weighted by molar-refractivity contribution is 5.43. The molecule has 3 heterocycles. The summed E-state index contributed by atoms with van der Waals surface area (Å²) in [7, 11) is 0. The van der Waals surface area contributed by atoms with Gasteiger partial charge in [-0.15, -0.1) is 0 Å². The van der Waals surface area contributed by atoms with Gasteiger partial charge in [0, 0.05) is 49.8 Å². The average molecular weight is 242 g/mol. The van der Waals surface area contributed by atoms with Gasteiger partial charge in [-0.3, -0.25) is 0 Å². The summed E-state index contributed by atoms with van der Waals surface area (Å²) < 4.78 is 4.16. The fourth-order valence-electron chi connectivity index (χ4n) is 1.97. The molecule has 0 aliphatic carbocycles. The van der Waals surface area contributed by atoms with Crippen molar-refractivity contribution in [3.8, 4) is 11.6 Å². The number of aromatic nitrogens is 6. The Labute approximate surface area is 104 Å². The summed E-state index contributed by atoms with van der Waals surface area (Å²) >= 11 is 0. The van der Waals surface area contributed by atoms with E-state index in [4.69, 9.17) is 0 Å². The number of H-pyrrole nitrogens is 1. The molecule has 0 aliphatic rings. The zero-order valence-electron chi connectivity index (χ0n) is 10.1. The van der Waals surface area contributed by atoms with Gasteiger partial charge in [0.2, 0.25) is 0 Å². The second kappa shape index (κ2) is 4.48. The van der Waals surface area contributed by atoms with E-state index in [9.17, 15) is 0 Å². The Morgan fingerprint density at radius 2 is 2.17 bits per heavy atom. The molecule has 0 saturated heterocycles. The lowest BCUT2D eigenvalue weighted by Crippen LogP contribution is -2.12. The Morgan fingerprint density at radius 1 is 1.22 bits per heavy atom. The second-order valence-corrected chi connectivity index (χ2v) is 4.20. The molecule has 3 rings (SSSR count). The van der Waals surface area contributed by atoms with Gasteiger partial charge in [-0.1, -0.05) is 0 Å². The lowest BCUT2D eigenvalue weighted by atomic mass is 10.3. The molecule has 0 bridgehead atoms. The summed E-state index contributed by atoms with van der Waals surface area (Å²) in [5, 5.41) is 0. The highest BCUT2D eigenvalue weighted by Crippen LogP contribution is 2.15. The van der Waals surface area contributed by atoms with Crippen molar-refractivity contribution in [3.63, 3.8) is 0 Å². The van der Waals surface area contributed by atoms with E-state index in [0.717, 1.165) is 18.2 Å². The van der Waals surface area contributed by atoms with E-state index in [2.05, 4.69) is 36.0 Å². The number of nitrogens with one attached hydrogen (secondary N) is 1. The summed E-state index contributed by atoms with van der Waals surface area (Å²) in [4.78, 5) is 15.7. The van der Waals surface area contributed by atoms with Crippen molar-refractivity contribution in [2.75, 3.05) is 0 Å². The van der Waals surface area contributed by atoms with Crippen LogP contribution in [0, 0.1) is 0 Å². The van der Waals surface area contributed by atoms with E-state index in [0.29, 0.717) is 6.04 Å². The van der Waals surface area contributed by atoms with E-state index >= 15 is 0 Å². The van der Waals surface area contributed by atoms with Gasteiger partial charge in [-0.05, 0) is 6.92 Å². The molecular formula is C12H14N6. The molecule has 0 fully saturated rings. The Kier molecular flexibility index (Phi) is 2.68. The van der Waals surface area contributed by atoms with Crippen LogP contribution in [0.3, 0.4) is 0 Å². The molecule has 92 valence electrons. The molecule has 0 amide bonds. The van der Waals surface area contributed by atoms with E-state index in [1.54, 1.807) is 24.8 Å². The highest BCUT2D eigenvalue weighted by atomic mass is 15.1. The third-order valence-electron chi connectivity index (χ3n) is 2.92. The summed E-state index contributed by atoms with van der Waals surface area (Å²) in [6.45, 7) is 2.97. The number of rotatable bonds is 4. The highest BCUT2D eigenvalue weighted by Gasteiger charge is 2.11.